The summed E-state index contributed by atoms with van der Waals surface area (Å²) in [6.45, 7) is 0.0651. The normalized spacial score (nSPS) is 11.5. The number of nitrogens with zero attached hydrogens (tertiary/aromatic N) is 4. The van der Waals surface area contributed by atoms with Crippen molar-refractivity contribution in [1.82, 2.24) is 15.0 Å². The van der Waals surface area contributed by atoms with Gasteiger partial charge in [0.05, 0.1) is 6.20 Å². The number of hydrogen-bond donors (Lipinski definition) is 0. The lowest BCUT2D eigenvalue weighted by Gasteiger charge is -2.04. The van der Waals surface area contributed by atoms with Crippen molar-refractivity contribution in [2.24, 2.45) is 0 Å². The average Bonchev–Trinajstić information content (AvgIpc) is 3.03. The Morgan fingerprint density at radius 1 is 1.23 bits per heavy atom. The Morgan fingerprint density at radius 3 is 2.62 bits per heavy atom. The van der Waals surface area contributed by atoms with Gasteiger partial charge < -0.3 is 4.74 Å². The topological polar surface area (TPSA) is 85.9 Å². The first kappa shape index (κ1) is 17.9. The molecule has 0 unspecified atom stereocenters. The molecule has 0 aliphatic rings. The van der Waals surface area contributed by atoms with Crippen molar-refractivity contribution in [3.8, 4) is 10.6 Å². The third-order valence-electron chi connectivity index (χ3n) is 3.22. The van der Waals surface area contributed by atoms with E-state index in [2.05, 4.69) is 19.7 Å². The lowest BCUT2D eigenvalue weighted by molar-refractivity contribution is -0.695. The Hall–Kier alpha value is -2.95. The molecule has 0 saturated carbocycles. The van der Waals surface area contributed by atoms with Gasteiger partial charge in [-0.25, -0.2) is 24.3 Å². The second kappa shape index (κ2) is 7.12. The van der Waals surface area contributed by atoms with Gasteiger partial charge in [0.1, 0.15) is 28.1 Å². The molecule has 0 bridgehead atoms. The number of thiazole rings is 1. The van der Waals surface area contributed by atoms with Crippen LogP contribution in [0.25, 0.3) is 20.9 Å². The molecule has 0 fully saturated rings. The Kier molecular flexibility index (Phi) is 4.89. The summed E-state index contributed by atoms with van der Waals surface area (Å²) in [5, 5.41) is 0.739. The van der Waals surface area contributed by atoms with E-state index in [0.717, 1.165) is 15.4 Å². The molecule has 3 aromatic rings. The van der Waals surface area contributed by atoms with E-state index in [1.807, 2.05) is 0 Å². The molecule has 0 amide bonds. The number of ether oxygens (including phenoxy) is 1. The zero-order valence-electron chi connectivity index (χ0n) is 12.9. The summed E-state index contributed by atoms with van der Waals surface area (Å²) in [6.07, 6.45) is 0.775. The van der Waals surface area contributed by atoms with Crippen LogP contribution >= 0.6 is 11.3 Å². The first-order valence-corrected chi connectivity index (χ1v) is 8.02. The Balaban J connectivity index is 1.61. The molecule has 0 aliphatic carbocycles. The highest BCUT2D eigenvalue weighted by Crippen LogP contribution is 2.27. The van der Waals surface area contributed by atoms with Crippen LogP contribution in [0.2, 0.25) is 0 Å². The number of carbonyl (C=O) groups excluding carboxylic acids is 2. The summed E-state index contributed by atoms with van der Waals surface area (Å²) in [4.78, 5) is 35.0. The predicted molar refractivity (Wildman–Crippen MR) is 82.6 cm³/mol. The molecule has 0 saturated heterocycles. The fraction of sp³-hybridized carbons (Fsp3) is 0.200. The minimum absolute atomic E-state index is 0.0651. The van der Waals surface area contributed by atoms with Crippen LogP contribution in [0.15, 0.2) is 37.1 Å². The number of carbonyl (C=O) groups is 2. The van der Waals surface area contributed by atoms with Crippen molar-refractivity contribution >= 4 is 33.6 Å². The Bertz CT molecular complexity index is 924. The van der Waals surface area contributed by atoms with Crippen molar-refractivity contribution in [3.63, 3.8) is 0 Å². The number of fused-ring (bicyclic) bond motifs is 1. The fourth-order valence-electron chi connectivity index (χ4n) is 2.00. The molecule has 26 heavy (non-hydrogen) atoms. The van der Waals surface area contributed by atoms with Gasteiger partial charge in [0.15, 0.2) is 18.9 Å². The van der Waals surface area contributed by atoms with Gasteiger partial charge in [0, 0.05) is 17.7 Å². The highest BCUT2D eigenvalue weighted by atomic mass is 32.1. The second-order valence-electron chi connectivity index (χ2n) is 5.07. The molecular weight excluding hydrogens is 373 g/mol. The van der Waals surface area contributed by atoms with Gasteiger partial charge >= 0.3 is 18.1 Å². The van der Waals surface area contributed by atoms with E-state index in [4.69, 9.17) is 0 Å². The second-order valence-corrected chi connectivity index (χ2v) is 6.04. The van der Waals surface area contributed by atoms with E-state index in [1.165, 1.54) is 17.7 Å². The molecule has 0 aromatic carbocycles. The zero-order valence-corrected chi connectivity index (χ0v) is 13.8. The highest BCUT2D eigenvalue weighted by molar-refractivity contribution is 7.21. The van der Waals surface area contributed by atoms with Crippen molar-refractivity contribution < 1.29 is 32.1 Å². The minimum atomic E-state index is -5.19. The molecule has 0 atom stereocenters. The van der Waals surface area contributed by atoms with E-state index in [0.29, 0.717) is 5.52 Å². The molecule has 0 N–H and O–H groups in total. The van der Waals surface area contributed by atoms with E-state index in [1.54, 1.807) is 35.3 Å². The van der Waals surface area contributed by atoms with Crippen molar-refractivity contribution in [2.75, 3.05) is 0 Å². The summed E-state index contributed by atoms with van der Waals surface area (Å²) >= 11 is 1.39. The van der Waals surface area contributed by atoms with Crippen LogP contribution in [0.1, 0.15) is 6.42 Å². The summed E-state index contributed by atoms with van der Waals surface area (Å²) in [5.41, 5.74) is 1.50. The van der Waals surface area contributed by atoms with E-state index in [-0.39, 0.29) is 13.0 Å². The van der Waals surface area contributed by atoms with Crippen LogP contribution in [-0.2, 0) is 20.9 Å². The SMILES string of the molecule is O=C(CC[n+]1ccc(-c2nc3cncnc3s2)cc1)OC(=O)C(F)(F)F. The smallest absolute Gasteiger partial charge is 0.386 e. The maximum Gasteiger partial charge on any atom is 0.491 e. The number of esters is 2. The zero-order chi connectivity index (χ0) is 18.7. The van der Waals surface area contributed by atoms with E-state index < -0.39 is 18.1 Å². The van der Waals surface area contributed by atoms with Crippen LogP contribution in [0.4, 0.5) is 13.2 Å². The molecular formula is C15H10F3N4O3S+. The third-order valence-corrected chi connectivity index (χ3v) is 4.25. The van der Waals surface area contributed by atoms with Crippen molar-refractivity contribution in [3.05, 3.63) is 37.1 Å². The van der Waals surface area contributed by atoms with Gasteiger partial charge in [-0.05, 0) is 0 Å². The number of pyridine rings is 1. The van der Waals surface area contributed by atoms with Gasteiger partial charge in [0.25, 0.3) is 0 Å². The first-order valence-electron chi connectivity index (χ1n) is 7.21. The van der Waals surface area contributed by atoms with Gasteiger partial charge in [-0.15, -0.1) is 0 Å². The van der Waals surface area contributed by atoms with E-state index >= 15 is 0 Å². The average molecular weight is 383 g/mol. The maximum absolute atomic E-state index is 12.0. The largest absolute Gasteiger partial charge is 0.491 e. The van der Waals surface area contributed by atoms with Gasteiger partial charge in [-0.3, -0.25) is 4.79 Å². The standard InChI is InChI=1S/C15H10F3N4O3S/c16-15(17,18)14(24)25-11(23)3-6-22-4-1-9(2-5-22)12-21-10-7-19-8-20-13(10)26-12/h1-2,4-5,7-8H,3,6H2/q+1. The van der Waals surface area contributed by atoms with Gasteiger partial charge in [-0.2, -0.15) is 13.2 Å². The highest BCUT2D eigenvalue weighted by Gasteiger charge is 2.42. The minimum Gasteiger partial charge on any atom is -0.386 e. The number of halogens is 3. The molecule has 0 aliphatic heterocycles. The summed E-state index contributed by atoms with van der Waals surface area (Å²) < 4.78 is 41.3. The number of hydrogen-bond acceptors (Lipinski definition) is 7. The Morgan fingerprint density at radius 2 is 1.96 bits per heavy atom. The molecule has 3 heterocycles. The van der Waals surface area contributed by atoms with Gasteiger partial charge in [0.2, 0.25) is 0 Å². The molecule has 0 spiro atoms. The fourth-order valence-corrected chi connectivity index (χ4v) is 2.88. The number of aryl methyl sites for hydroxylation is 1. The molecule has 3 rings (SSSR count). The quantitative estimate of drug-likeness (QED) is 0.390. The van der Waals surface area contributed by atoms with Crippen LogP contribution in [-0.4, -0.2) is 33.1 Å². The number of alkyl halides is 3. The predicted octanol–water partition coefficient (Wildman–Crippen LogP) is 2.06. The third kappa shape index (κ3) is 4.17. The maximum atomic E-state index is 12.0. The number of aromatic nitrogens is 4. The summed E-state index contributed by atoms with van der Waals surface area (Å²) in [6, 6.07) is 3.49. The lowest BCUT2D eigenvalue weighted by atomic mass is 10.3. The molecule has 0 radical (unpaired) electrons. The summed E-state index contributed by atoms with van der Waals surface area (Å²) in [7, 11) is 0. The van der Waals surface area contributed by atoms with Crippen molar-refractivity contribution in [1.29, 1.82) is 0 Å². The van der Waals surface area contributed by atoms with Crippen molar-refractivity contribution in [2.45, 2.75) is 19.1 Å². The van der Waals surface area contributed by atoms with Crippen LogP contribution in [0.3, 0.4) is 0 Å². The molecule has 11 heteroatoms. The lowest BCUT2D eigenvalue weighted by Crippen LogP contribution is -2.35. The first-order chi connectivity index (χ1) is 12.3. The monoisotopic (exact) mass is 383 g/mol. The van der Waals surface area contributed by atoms with Gasteiger partial charge in [-0.1, -0.05) is 11.3 Å². The van der Waals surface area contributed by atoms with Crippen LogP contribution in [0.5, 0.6) is 0 Å². The Labute approximate surface area is 148 Å². The molecule has 134 valence electrons. The summed E-state index contributed by atoms with van der Waals surface area (Å²) in [5.74, 6) is -3.75. The number of rotatable bonds is 4. The molecule has 7 nitrogen and oxygen atoms in total. The molecule has 3 aromatic heterocycles. The van der Waals surface area contributed by atoms with Crippen LogP contribution in [0, 0.1) is 0 Å². The van der Waals surface area contributed by atoms with Crippen LogP contribution < -0.4 is 4.57 Å². The van der Waals surface area contributed by atoms with E-state index in [9.17, 15) is 22.8 Å².